The van der Waals surface area contributed by atoms with Gasteiger partial charge in [0.05, 0.1) is 18.9 Å². The zero-order valence-electron chi connectivity index (χ0n) is 7.87. The largest absolute Gasteiger partial charge is 0.453 e. The molecule has 0 aromatic carbocycles. The second kappa shape index (κ2) is 3.77. The van der Waals surface area contributed by atoms with Crippen molar-refractivity contribution in [2.75, 3.05) is 12.4 Å². The Hall–Kier alpha value is -2.05. The molecule has 7 nitrogen and oxygen atoms in total. The third kappa shape index (κ3) is 1.82. The molecule has 1 aromatic rings. The highest BCUT2D eigenvalue weighted by Gasteiger charge is 2.13. The second-order valence-electron chi connectivity index (χ2n) is 2.56. The number of nitrogens with two attached hydrogens (primary N) is 1. The molecule has 0 saturated carbocycles. The van der Waals surface area contributed by atoms with Gasteiger partial charge in [0.15, 0.2) is 0 Å². The van der Waals surface area contributed by atoms with Gasteiger partial charge < -0.3 is 10.5 Å². The highest BCUT2D eigenvalue weighted by Crippen LogP contribution is 2.12. The van der Waals surface area contributed by atoms with E-state index in [1.165, 1.54) is 18.0 Å². The summed E-state index contributed by atoms with van der Waals surface area (Å²) in [4.78, 5) is 10.9. The van der Waals surface area contributed by atoms with E-state index in [0.29, 0.717) is 11.4 Å². The Bertz CT molecular complexity index is 370. The summed E-state index contributed by atoms with van der Waals surface area (Å²) >= 11 is 0. The van der Waals surface area contributed by atoms with Crippen LogP contribution in [0.2, 0.25) is 0 Å². The smallest absolute Gasteiger partial charge is 0.412 e. The fourth-order valence-corrected chi connectivity index (χ4v) is 0.931. The summed E-state index contributed by atoms with van der Waals surface area (Å²) < 4.78 is 5.81. The molecule has 1 rings (SSSR count). The van der Waals surface area contributed by atoms with Gasteiger partial charge in [-0.1, -0.05) is 0 Å². The van der Waals surface area contributed by atoms with Crippen LogP contribution in [0.3, 0.4) is 0 Å². The first-order chi connectivity index (χ1) is 6.56. The summed E-state index contributed by atoms with van der Waals surface area (Å²) in [6.07, 6.45) is 0.768. The number of carbonyl (C=O) groups excluding carboxylic acids is 1. The van der Waals surface area contributed by atoms with Crippen LogP contribution in [0.25, 0.3) is 0 Å². The molecule has 0 radical (unpaired) electrons. The van der Waals surface area contributed by atoms with Crippen molar-refractivity contribution in [3.05, 3.63) is 11.8 Å². The molecule has 0 saturated heterocycles. The van der Waals surface area contributed by atoms with Gasteiger partial charge >= 0.3 is 6.09 Å². The van der Waals surface area contributed by atoms with Crippen LogP contribution in [-0.2, 0) is 11.8 Å². The molecular weight excluding hydrogens is 186 g/mol. The molecule has 0 unspecified atom stereocenters. The fraction of sp³-hybridized carbons (Fsp3) is 0.286. The highest BCUT2D eigenvalue weighted by molar-refractivity contribution is 6.02. The summed E-state index contributed by atoms with van der Waals surface area (Å²) in [5, 5.41) is 13.5. The fourth-order valence-electron chi connectivity index (χ4n) is 0.931. The molecular formula is C7H11N5O2. The molecule has 0 aliphatic rings. The monoisotopic (exact) mass is 197 g/mol. The molecule has 14 heavy (non-hydrogen) atoms. The van der Waals surface area contributed by atoms with E-state index in [1.54, 1.807) is 7.05 Å². The number of hydrogen-bond donors (Lipinski definition) is 3. The Balaban J connectivity index is 2.99. The number of nitrogens with one attached hydrogen (secondary N) is 2. The predicted molar refractivity (Wildman–Crippen MR) is 50.3 cm³/mol. The van der Waals surface area contributed by atoms with Crippen molar-refractivity contribution in [3.8, 4) is 0 Å². The number of amides is 1. The van der Waals surface area contributed by atoms with E-state index in [-0.39, 0.29) is 5.84 Å². The number of nitrogen functional groups attached to an aromatic ring is 1. The Morgan fingerprint density at radius 3 is 2.93 bits per heavy atom. The Morgan fingerprint density at radius 1 is 1.79 bits per heavy atom. The number of anilines is 1. The first-order valence-corrected chi connectivity index (χ1v) is 3.77. The number of aromatic nitrogens is 2. The second-order valence-corrected chi connectivity index (χ2v) is 2.56. The summed E-state index contributed by atoms with van der Waals surface area (Å²) in [5.74, 6) is 0.175. The van der Waals surface area contributed by atoms with Crippen molar-refractivity contribution < 1.29 is 9.53 Å². The number of methoxy groups -OCH3 is 1. The maximum absolute atomic E-state index is 10.9. The van der Waals surface area contributed by atoms with Crippen LogP contribution in [0.5, 0.6) is 0 Å². The van der Waals surface area contributed by atoms with E-state index in [0.717, 1.165) is 0 Å². The van der Waals surface area contributed by atoms with Crippen molar-refractivity contribution >= 4 is 17.7 Å². The van der Waals surface area contributed by atoms with E-state index in [9.17, 15) is 4.79 Å². The number of hydrogen-bond acceptors (Lipinski definition) is 4. The standard InChI is InChI=1S/C7H11N5O2/c1-12-6(11-7(13)14-2)4(3-10-12)5(8)9/h3H,1-2H3,(H3,8,9)(H,11,13). The maximum atomic E-state index is 10.9. The van der Waals surface area contributed by atoms with Gasteiger partial charge in [0, 0.05) is 7.05 Å². The summed E-state index contributed by atoms with van der Waals surface area (Å²) in [7, 11) is 2.87. The van der Waals surface area contributed by atoms with Gasteiger partial charge in [0.1, 0.15) is 11.7 Å². The molecule has 0 fully saturated rings. The lowest BCUT2D eigenvalue weighted by molar-refractivity contribution is 0.186. The van der Waals surface area contributed by atoms with Crippen LogP contribution in [-0.4, -0.2) is 28.8 Å². The molecule has 7 heteroatoms. The van der Waals surface area contributed by atoms with E-state index < -0.39 is 6.09 Å². The van der Waals surface area contributed by atoms with Crippen LogP contribution >= 0.6 is 0 Å². The minimum atomic E-state index is -0.629. The molecule has 76 valence electrons. The topological polar surface area (TPSA) is 106 Å². The van der Waals surface area contributed by atoms with Crippen molar-refractivity contribution in [2.45, 2.75) is 0 Å². The first kappa shape index (κ1) is 10.0. The molecule has 0 bridgehead atoms. The van der Waals surface area contributed by atoms with Gasteiger partial charge in [-0.3, -0.25) is 15.4 Å². The molecule has 1 aromatic heterocycles. The van der Waals surface area contributed by atoms with Crippen molar-refractivity contribution in [2.24, 2.45) is 12.8 Å². The van der Waals surface area contributed by atoms with Crippen molar-refractivity contribution in [1.82, 2.24) is 9.78 Å². The van der Waals surface area contributed by atoms with Crippen LogP contribution in [0.1, 0.15) is 5.56 Å². The average Bonchev–Trinajstić information content (AvgIpc) is 2.48. The molecule has 1 heterocycles. The zero-order valence-corrected chi connectivity index (χ0v) is 7.87. The normalized spacial score (nSPS) is 9.57. The Morgan fingerprint density at radius 2 is 2.43 bits per heavy atom. The molecule has 0 aliphatic carbocycles. The lowest BCUT2D eigenvalue weighted by atomic mass is 10.3. The van der Waals surface area contributed by atoms with Gasteiger partial charge in [-0.15, -0.1) is 0 Å². The molecule has 0 spiro atoms. The number of carbonyl (C=O) groups is 1. The predicted octanol–water partition coefficient (Wildman–Crippen LogP) is -0.118. The SMILES string of the molecule is COC(=O)Nc1c(C(=N)N)cnn1C. The summed E-state index contributed by atoms with van der Waals surface area (Å²) in [6, 6.07) is 0. The number of ether oxygens (including phenoxy) is 1. The van der Waals surface area contributed by atoms with Crippen LogP contribution in [0.4, 0.5) is 10.6 Å². The number of amidine groups is 1. The molecule has 4 N–H and O–H groups in total. The van der Waals surface area contributed by atoms with Gasteiger partial charge in [-0.2, -0.15) is 5.10 Å². The van der Waals surface area contributed by atoms with Crippen LogP contribution < -0.4 is 11.1 Å². The van der Waals surface area contributed by atoms with Gasteiger partial charge in [-0.05, 0) is 0 Å². The minimum absolute atomic E-state index is 0.162. The highest BCUT2D eigenvalue weighted by atomic mass is 16.5. The first-order valence-electron chi connectivity index (χ1n) is 3.77. The maximum Gasteiger partial charge on any atom is 0.412 e. The van der Waals surface area contributed by atoms with E-state index >= 15 is 0 Å². The lowest BCUT2D eigenvalue weighted by Gasteiger charge is -2.05. The minimum Gasteiger partial charge on any atom is -0.453 e. The molecule has 0 aliphatic heterocycles. The van der Waals surface area contributed by atoms with Crippen molar-refractivity contribution in [3.63, 3.8) is 0 Å². The number of rotatable bonds is 2. The summed E-state index contributed by atoms with van der Waals surface area (Å²) in [5.41, 5.74) is 5.64. The van der Waals surface area contributed by atoms with E-state index in [1.807, 2.05) is 0 Å². The van der Waals surface area contributed by atoms with Crippen LogP contribution in [0.15, 0.2) is 6.20 Å². The quantitative estimate of drug-likeness (QED) is 0.454. The molecule has 0 atom stereocenters. The number of aryl methyl sites for hydroxylation is 1. The number of nitrogens with zero attached hydrogens (tertiary/aromatic N) is 2. The third-order valence-corrected chi connectivity index (χ3v) is 1.63. The Kier molecular flexibility index (Phi) is 2.70. The summed E-state index contributed by atoms with van der Waals surface area (Å²) in [6.45, 7) is 0. The van der Waals surface area contributed by atoms with Gasteiger partial charge in [0.25, 0.3) is 0 Å². The van der Waals surface area contributed by atoms with E-state index in [4.69, 9.17) is 11.1 Å². The van der Waals surface area contributed by atoms with E-state index in [2.05, 4.69) is 15.2 Å². The van der Waals surface area contributed by atoms with Gasteiger partial charge in [0.2, 0.25) is 0 Å². The zero-order chi connectivity index (χ0) is 10.7. The van der Waals surface area contributed by atoms with Gasteiger partial charge in [-0.25, -0.2) is 4.79 Å². The van der Waals surface area contributed by atoms with Crippen molar-refractivity contribution in [1.29, 1.82) is 5.41 Å². The third-order valence-electron chi connectivity index (χ3n) is 1.63. The Labute approximate surface area is 80.3 Å². The lowest BCUT2D eigenvalue weighted by Crippen LogP contribution is -2.18. The molecule has 1 amide bonds. The average molecular weight is 197 g/mol. The van der Waals surface area contributed by atoms with Crippen LogP contribution in [0, 0.1) is 5.41 Å².